The van der Waals surface area contributed by atoms with Gasteiger partial charge in [0, 0.05) is 52.4 Å². The van der Waals surface area contributed by atoms with Crippen molar-refractivity contribution in [2.24, 2.45) is 11.7 Å². The molecule has 1 fully saturated rings. The number of hydrogen-bond donors (Lipinski definition) is 1. The lowest BCUT2D eigenvalue weighted by Gasteiger charge is -2.41. The summed E-state index contributed by atoms with van der Waals surface area (Å²) in [5, 5.41) is 0. The van der Waals surface area contributed by atoms with Crippen molar-refractivity contribution in [1.29, 1.82) is 0 Å². The van der Waals surface area contributed by atoms with Crippen LogP contribution in [0.5, 0.6) is 0 Å². The molecule has 0 radical (unpaired) electrons. The Kier molecular flexibility index (Phi) is 6.74. The van der Waals surface area contributed by atoms with E-state index in [0.717, 1.165) is 32.0 Å². The third-order valence-electron chi connectivity index (χ3n) is 4.10. The standard InChI is InChI=1S/C15H33N3O/c1-13(2)12-17-6-8-18(9-7-17)14(11-16)10-15(3,4)19-5/h13-14H,6-12,16H2,1-5H3. The summed E-state index contributed by atoms with van der Waals surface area (Å²) in [6.45, 7) is 15.4. The third kappa shape index (κ3) is 5.78. The predicted octanol–water partition coefficient (Wildman–Crippen LogP) is 1.40. The number of hydrogen-bond acceptors (Lipinski definition) is 4. The average molecular weight is 271 g/mol. The van der Waals surface area contributed by atoms with E-state index in [4.69, 9.17) is 10.5 Å². The molecule has 0 aromatic carbocycles. The van der Waals surface area contributed by atoms with Crippen molar-refractivity contribution in [3.8, 4) is 0 Å². The molecule has 114 valence electrons. The van der Waals surface area contributed by atoms with E-state index >= 15 is 0 Å². The summed E-state index contributed by atoms with van der Waals surface area (Å²) in [7, 11) is 1.79. The van der Waals surface area contributed by atoms with Gasteiger partial charge in [-0.05, 0) is 26.2 Å². The Labute approximate surface area is 119 Å². The molecule has 0 amide bonds. The number of methoxy groups -OCH3 is 1. The molecule has 0 aromatic rings. The van der Waals surface area contributed by atoms with Crippen LogP contribution in [0, 0.1) is 5.92 Å². The highest BCUT2D eigenvalue weighted by Gasteiger charge is 2.28. The Morgan fingerprint density at radius 1 is 1.16 bits per heavy atom. The normalized spacial score (nSPS) is 21.0. The second kappa shape index (κ2) is 7.58. The maximum Gasteiger partial charge on any atom is 0.0638 e. The predicted molar refractivity (Wildman–Crippen MR) is 81.4 cm³/mol. The quantitative estimate of drug-likeness (QED) is 0.760. The van der Waals surface area contributed by atoms with Gasteiger partial charge in [0.15, 0.2) is 0 Å². The average Bonchev–Trinajstić information content (AvgIpc) is 2.36. The number of nitrogens with zero attached hydrogens (tertiary/aromatic N) is 2. The fourth-order valence-electron chi connectivity index (χ4n) is 2.84. The fourth-order valence-corrected chi connectivity index (χ4v) is 2.84. The minimum Gasteiger partial charge on any atom is -0.379 e. The van der Waals surface area contributed by atoms with Crippen LogP contribution in [0.1, 0.15) is 34.1 Å². The Balaban J connectivity index is 2.43. The van der Waals surface area contributed by atoms with E-state index in [0.29, 0.717) is 6.04 Å². The molecule has 1 aliphatic rings. The van der Waals surface area contributed by atoms with Crippen LogP contribution in [-0.4, -0.2) is 67.8 Å². The molecule has 1 heterocycles. The largest absolute Gasteiger partial charge is 0.379 e. The molecular weight excluding hydrogens is 238 g/mol. The minimum absolute atomic E-state index is 0.0842. The minimum atomic E-state index is -0.0842. The maximum absolute atomic E-state index is 5.97. The van der Waals surface area contributed by atoms with E-state index in [9.17, 15) is 0 Å². The first kappa shape index (κ1) is 16.9. The molecule has 0 aromatic heterocycles. The van der Waals surface area contributed by atoms with Crippen LogP contribution in [0.15, 0.2) is 0 Å². The van der Waals surface area contributed by atoms with Crippen molar-refractivity contribution in [1.82, 2.24) is 9.80 Å². The highest BCUT2D eigenvalue weighted by atomic mass is 16.5. The SMILES string of the molecule is COC(C)(C)CC(CN)N1CCN(CC(C)C)CC1. The number of ether oxygens (including phenoxy) is 1. The van der Waals surface area contributed by atoms with E-state index in [1.165, 1.54) is 19.6 Å². The van der Waals surface area contributed by atoms with Gasteiger partial charge in [0.1, 0.15) is 0 Å². The van der Waals surface area contributed by atoms with Crippen molar-refractivity contribution in [2.75, 3.05) is 46.4 Å². The highest BCUT2D eigenvalue weighted by Crippen LogP contribution is 2.20. The van der Waals surface area contributed by atoms with Gasteiger partial charge in [0.25, 0.3) is 0 Å². The van der Waals surface area contributed by atoms with Crippen molar-refractivity contribution in [3.63, 3.8) is 0 Å². The molecule has 0 aliphatic carbocycles. The van der Waals surface area contributed by atoms with Gasteiger partial charge in [0.05, 0.1) is 5.60 Å². The van der Waals surface area contributed by atoms with Crippen molar-refractivity contribution >= 4 is 0 Å². The molecule has 4 heteroatoms. The molecule has 1 atom stereocenters. The maximum atomic E-state index is 5.97. The Morgan fingerprint density at radius 3 is 2.16 bits per heavy atom. The molecule has 2 N–H and O–H groups in total. The summed E-state index contributed by atoms with van der Waals surface area (Å²) < 4.78 is 5.54. The van der Waals surface area contributed by atoms with Gasteiger partial charge in [-0.15, -0.1) is 0 Å². The van der Waals surface area contributed by atoms with Gasteiger partial charge in [-0.2, -0.15) is 0 Å². The Bertz CT molecular complexity index is 248. The van der Waals surface area contributed by atoms with E-state index in [1.54, 1.807) is 7.11 Å². The molecule has 0 saturated carbocycles. The zero-order valence-electron chi connectivity index (χ0n) is 13.5. The summed E-state index contributed by atoms with van der Waals surface area (Å²) in [5.74, 6) is 0.754. The number of nitrogens with two attached hydrogens (primary N) is 1. The van der Waals surface area contributed by atoms with Crippen LogP contribution in [0.2, 0.25) is 0 Å². The Morgan fingerprint density at radius 2 is 1.74 bits per heavy atom. The van der Waals surface area contributed by atoms with E-state index in [-0.39, 0.29) is 5.60 Å². The fraction of sp³-hybridized carbons (Fsp3) is 1.00. The van der Waals surface area contributed by atoms with Crippen molar-refractivity contribution in [3.05, 3.63) is 0 Å². The van der Waals surface area contributed by atoms with E-state index in [1.807, 2.05) is 0 Å². The van der Waals surface area contributed by atoms with E-state index < -0.39 is 0 Å². The first-order valence-electron chi connectivity index (χ1n) is 7.59. The number of piperazine rings is 1. The van der Waals surface area contributed by atoms with Crippen molar-refractivity contribution in [2.45, 2.75) is 45.8 Å². The van der Waals surface area contributed by atoms with Gasteiger partial charge < -0.3 is 15.4 Å². The second-order valence-corrected chi connectivity index (χ2v) is 6.79. The molecular formula is C15H33N3O. The first-order valence-corrected chi connectivity index (χ1v) is 7.59. The second-order valence-electron chi connectivity index (χ2n) is 6.79. The van der Waals surface area contributed by atoms with Crippen LogP contribution in [0.25, 0.3) is 0 Å². The molecule has 4 nitrogen and oxygen atoms in total. The van der Waals surface area contributed by atoms with Gasteiger partial charge >= 0.3 is 0 Å². The third-order valence-corrected chi connectivity index (χ3v) is 4.10. The lowest BCUT2D eigenvalue weighted by atomic mass is 9.97. The lowest BCUT2D eigenvalue weighted by molar-refractivity contribution is -0.0151. The van der Waals surface area contributed by atoms with Crippen LogP contribution in [-0.2, 0) is 4.74 Å². The van der Waals surface area contributed by atoms with Gasteiger partial charge in [-0.25, -0.2) is 0 Å². The molecule has 19 heavy (non-hydrogen) atoms. The molecule has 0 spiro atoms. The molecule has 1 unspecified atom stereocenters. The van der Waals surface area contributed by atoms with Crippen LogP contribution >= 0.6 is 0 Å². The van der Waals surface area contributed by atoms with Crippen molar-refractivity contribution < 1.29 is 4.74 Å². The van der Waals surface area contributed by atoms with Gasteiger partial charge in [-0.1, -0.05) is 13.8 Å². The Hall–Kier alpha value is -0.160. The number of rotatable bonds is 7. The summed E-state index contributed by atoms with van der Waals surface area (Å²) in [4.78, 5) is 5.10. The zero-order valence-corrected chi connectivity index (χ0v) is 13.5. The van der Waals surface area contributed by atoms with Crippen LogP contribution in [0.3, 0.4) is 0 Å². The first-order chi connectivity index (χ1) is 8.88. The summed E-state index contributed by atoms with van der Waals surface area (Å²) >= 11 is 0. The zero-order chi connectivity index (χ0) is 14.5. The highest BCUT2D eigenvalue weighted by molar-refractivity contribution is 4.84. The van der Waals surface area contributed by atoms with Crippen LogP contribution < -0.4 is 5.73 Å². The molecule has 1 saturated heterocycles. The monoisotopic (exact) mass is 271 g/mol. The molecule has 0 bridgehead atoms. The van der Waals surface area contributed by atoms with Gasteiger partial charge in [0.2, 0.25) is 0 Å². The summed E-state index contributed by atoms with van der Waals surface area (Å²) in [6, 6.07) is 0.441. The molecule has 1 aliphatic heterocycles. The van der Waals surface area contributed by atoms with Crippen LogP contribution in [0.4, 0.5) is 0 Å². The topological polar surface area (TPSA) is 41.7 Å². The smallest absolute Gasteiger partial charge is 0.0638 e. The van der Waals surface area contributed by atoms with E-state index in [2.05, 4.69) is 37.5 Å². The van der Waals surface area contributed by atoms with Gasteiger partial charge in [-0.3, -0.25) is 4.90 Å². The lowest BCUT2D eigenvalue weighted by Crippen LogP contribution is -2.54. The summed E-state index contributed by atoms with van der Waals surface area (Å²) in [6.07, 6.45) is 1.00. The summed E-state index contributed by atoms with van der Waals surface area (Å²) in [5.41, 5.74) is 5.89. The molecule has 1 rings (SSSR count).